The minimum atomic E-state index is -3.74. The molecular formula is C24H23N3O4S2. The minimum absolute atomic E-state index is 0.0896. The first-order valence-corrected chi connectivity index (χ1v) is 12.9. The van der Waals surface area contributed by atoms with Gasteiger partial charge in [-0.2, -0.15) is 4.31 Å². The molecule has 1 aromatic heterocycles. The molecule has 9 heteroatoms. The van der Waals surface area contributed by atoms with Crippen molar-refractivity contribution in [1.82, 2.24) is 9.29 Å². The number of nitrogens with one attached hydrogen (secondary N) is 1. The van der Waals surface area contributed by atoms with Crippen LogP contribution in [0.25, 0.3) is 21.0 Å². The van der Waals surface area contributed by atoms with Crippen LogP contribution in [0, 0.1) is 0 Å². The van der Waals surface area contributed by atoms with Crippen LogP contribution in [0.5, 0.6) is 0 Å². The van der Waals surface area contributed by atoms with Gasteiger partial charge in [0.1, 0.15) is 0 Å². The van der Waals surface area contributed by atoms with E-state index in [1.807, 2.05) is 50.2 Å². The third kappa shape index (κ3) is 4.24. The van der Waals surface area contributed by atoms with Crippen molar-refractivity contribution < 1.29 is 17.9 Å². The van der Waals surface area contributed by atoms with Crippen LogP contribution in [0.15, 0.2) is 65.6 Å². The topological polar surface area (TPSA) is 88.6 Å². The number of anilines is 1. The highest BCUT2D eigenvalue weighted by Gasteiger charge is 2.32. The molecule has 0 spiro atoms. The highest BCUT2D eigenvalue weighted by Crippen LogP contribution is 2.32. The van der Waals surface area contributed by atoms with E-state index >= 15 is 0 Å². The zero-order chi connectivity index (χ0) is 23.2. The number of rotatable bonds is 4. The van der Waals surface area contributed by atoms with Crippen molar-refractivity contribution in [2.24, 2.45) is 0 Å². The Kier molecular flexibility index (Phi) is 5.65. The van der Waals surface area contributed by atoms with Crippen LogP contribution in [0.4, 0.5) is 5.13 Å². The lowest BCUT2D eigenvalue weighted by Crippen LogP contribution is -2.48. The number of carbonyl (C=O) groups excluding carboxylic acids is 1. The zero-order valence-electron chi connectivity index (χ0n) is 18.2. The molecule has 0 bridgehead atoms. The fourth-order valence-electron chi connectivity index (χ4n) is 4.16. The quantitative estimate of drug-likeness (QED) is 0.464. The predicted octanol–water partition coefficient (Wildman–Crippen LogP) is 4.50. The molecule has 1 N–H and O–H groups in total. The SMILES string of the molecule is CC1CN(S(=O)(=O)c2cccc(C(=O)Nc3nc4c(ccc5ccccc54)s3)c2)CC(C)O1. The number of benzene rings is 3. The number of amides is 1. The number of aromatic nitrogens is 1. The maximum absolute atomic E-state index is 13.2. The molecule has 0 aliphatic carbocycles. The summed E-state index contributed by atoms with van der Waals surface area (Å²) in [5, 5.41) is 5.40. The van der Waals surface area contributed by atoms with E-state index in [9.17, 15) is 13.2 Å². The number of hydrogen-bond acceptors (Lipinski definition) is 6. The van der Waals surface area contributed by atoms with Crippen LogP contribution in [-0.2, 0) is 14.8 Å². The average molecular weight is 482 g/mol. The fourth-order valence-corrected chi connectivity index (χ4v) is 6.67. The molecule has 1 aliphatic heterocycles. The first-order valence-electron chi connectivity index (χ1n) is 10.7. The number of ether oxygens (including phenoxy) is 1. The van der Waals surface area contributed by atoms with Gasteiger partial charge >= 0.3 is 0 Å². The lowest BCUT2D eigenvalue weighted by Gasteiger charge is -2.34. The van der Waals surface area contributed by atoms with Crippen LogP contribution in [-0.4, -0.2) is 48.9 Å². The molecule has 0 radical (unpaired) electrons. The summed E-state index contributed by atoms with van der Waals surface area (Å²) in [7, 11) is -3.74. The first kappa shape index (κ1) is 22.0. The molecule has 4 aromatic rings. The van der Waals surface area contributed by atoms with Gasteiger partial charge < -0.3 is 4.74 Å². The Morgan fingerprint density at radius 1 is 1.06 bits per heavy atom. The van der Waals surface area contributed by atoms with Crippen LogP contribution >= 0.6 is 11.3 Å². The summed E-state index contributed by atoms with van der Waals surface area (Å²) in [4.78, 5) is 17.6. The summed E-state index contributed by atoms with van der Waals surface area (Å²) in [6, 6.07) is 18.1. The molecular weight excluding hydrogens is 458 g/mol. The number of thiazole rings is 1. The second-order valence-corrected chi connectivity index (χ2v) is 11.2. The fraction of sp³-hybridized carbons (Fsp3) is 0.250. The Morgan fingerprint density at radius 2 is 1.82 bits per heavy atom. The predicted molar refractivity (Wildman–Crippen MR) is 130 cm³/mol. The van der Waals surface area contributed by atoms with Crippen molar-refractivity contribution >= 4 is 53.4 Å². The molecule has 1 saturated heterocycles. The molecule has 2 atom stereocenters. The van der Waals surface area contributed by atoms with E-state index in [2.05, 4.69) is 10.3 Å². The molecule has 5 rings (SSSR count). The van der Waals surface area contributed by atoms with Crippen molar-refractivity contribution in [3.05, 3.63) is 66.2 Å². The van der Waals surface area contributed by atoms with E-state index in [0.717, 1.165) is 21.0 Å². The van der Waals surface area contributed by atoms with E-state index in [1.165, 1.54) is 27.8 Å². The van der Waals surface area contributed by atoms with E-state index < -0.39 is 15.9 Å². The highest BCUT2D eigenvalue weighted by molar-refractivity contribution is 7.89. The third-order valence-electron chi connectivity index (χ3n) is 5.62. The summed E-state index contributed by atoms with van der Waals surface area (Å²) in [6.45, 7) is 4.26. The summed E-state index contributed by atoms with van der Waals surface area (Å²) in [6.07, 6.45) is -0.379. The Balaban J connectivity index is 1.41. The van der Waals surface area contributed by atoms with Gasteiger partial charge in [-0.3, -0.25) is 10.1 Å². The molecule has 1 aliphatic rings. The second kappa shape index (κ2) is 8.49. The molecule has 3 aromatic carbocycles. The monoisotopic (exact) mass is 481 g/mol. The Hall–Kier alpha value is -2.85. The Bertz CT molecular complexity index is 1460. The molecule has 170 valence electrons. The van der Waals surface area contributed by atoms with Gasteiger partial charge in [0.15, 0.2) is 5.13 Å². The Labute approximate surface area is 196 Å². The Morgan fingerprint density at radius 3 is 2.61 bits per heavy atom. The number of carbonyl (C=O) groups is 1. The standard InChI is InChI=1S/C24H23N3O4S2/c1-15-13-27(14-16(2)31-15)33(29,30)19-8-5-7-18(12-19)23(28)26-24-25-22-20-9-4-3-6-17(20)10-11-21(22)32-24/h3-12,15-16H,13-14H2,1-2H3,(H,25,26,28). The van der Waals surface area contributed by atoms with Gasteiger partial charge in [-0.25, -0.2) is 13.4 Å². The van der Waals surface area contributed by atoms with Gasteiger partial charge in [-0.15, -0.1) is 0 Å². The van der Waals surface area contributed by atoms with E-state index in [1.54, 1.807) is 12.1 Å². The molecule has 1 amide bonds. The highest BCUT2D eigenvalue weighted by atomic mass is 32.2. The summed E-state index contributed by atoms with van der Waals surface area (Å²) in [5.41, 5.74) is 1.09. The normalized spacial score (nSPS) is 19.7. The number of sulfonamides is 1. The molecule has 1 fully saturated rings. The smallest absolute Gasteiger partial charge is 0.257 e. The maximum Gasteiger partial charge on any atom is 0.257 e. The van der Waals surface area contributed by atoms with Crippen LogP contribution in [0.2, 0.25) is 0 Å². The number of morpholine rings is 1. The molecule has 7 nitrogen and oxygen atoms in total. The minimum Gasteiger partial charge on any atom is -0.373 e. The average Bonchev–Trinajstić information content (AvgIpc) is 3.21. The van der Waals surface area contributed by atoms with Crippen molar-refractivity contribution in [3.63, 3.8) is 0 Å². The van der Waals surface area contributed by atoms with Crippen LogP contribution in [0.3, 0.4) is 0 Å². The largest absolute Gasteiger partial charge is 0.373 e. The summed E-state index contributed by atoms with van der Waals surface area (Å²) < 4.78 is 34.4. The molecule has 2 heterocycles. The van der Waals surface area contributed by atoms with Crippen molar-refractivity contribution in [1.29, 1.82) is 0 Å². The number of nitrogens with zero attached hydrogens (tertiary/aromatic N) is 2. The van der Waals surface area contributed by atoms with Gasteiger partial charge in [0.2, 0.25) is 10.0 Å². The first-order chi connectivity index (χ1) is 15.8. The second-order valence-electron chi connectivity index (χ2n) is 8.21. The van der Waals surface area contributed by atoms with Gasteiger partial charge in [-0.1, -0.05) is 47.7 Å². The van der Waals surface area contributed by atoms with Gasteiger partial charge in [-0.05, 0) is 43.5 Å². The van der Waals surface area contributed by atoms with Gasteiger partial charge in [0, 0.05) is 24.0 Å². The van der Waals surface area contributed by atoms with Crippen molar-refractivity contribution in [3.8, 4) is 0 Å². The van der Waals surface area contributed by atoms with E-state index in [4.69, 9.17) is 4.74 Å². The van der Waals surface area contributed by atoms with Gasteiger partial charge in [0.25, 0.3) is 5.91 Å². The summed E-state index contributed by atoms with van der Waals surface area (Å²) >= 11 is 1.38. The lowest BCUT2D eigenvalue weighted by atomic mass is 10.1. The maximum atomic E-state index is 13.2. The van der Waals surface area contributed by atoms with Crippen LogP contribution in [0.1, 0.15) is 24.2 Å². The lowest BCUT2D eigenvalue weighted by molar-refractivity contribution is -0.0440. The van der Waals surface area contributed by atoms with Crippen molar-refractivity contribution in [2.45, 2.75) is 31.0 Å². The van der Waals surface area contributed by atoms with Crippen molar-refractivity contribution in [2.75, 3.05) is 18.4 Å². The molecule has 0 saturated carbocycles. The van der Waals surface area contributed by atoms with E-state index in [0.29, 0.717) is 5.13 Å². The molecule has 33 heavy (non-hydrogen) atoms. The van der Waals surface area contributed by atoms with Crippen LogP contribution < -0.4 is 5.32 Å². The van der Waals surface area contributed by atoms with E-state index in [-0.39, 0.29) is 35.8 Å². The number of fused-ring (bicyclic) bond motifs is 3. The van der Waals surface area contributed by atoms with Gasteiger partial charge in [0.05, 0.1) is 27.3 Å². The third-order valence-corrected chi connectivity index (χ3v) is 8.39. The zero-order valence-corrected chi connectivity index (χ0v) is 19.8. The number of hydrogen-bond donors (Lipinski definition) is 1. The molecule has 2 unspecified atom stereocenters. The summed E-state index contributed by atoms with van der Waals surface area (Å²) in [5.74, 6) is -0.404.